The van der Waals surface area contributed by atoms with Crippen molar-refractivity contribution in [2.75, 3.05) is 6.54 Å². The van der Waals surface area contributed by atoms with E-state index in [0.717, 1.165) is 24.7 Å². The second kappa shape index (κ2) is 6.27. The lowest BCUT2D eigenvalue weighted by molar-refractivity contribution is 0.308. The fourth-order valence-corrected chi connectivity index (χ4v) is 2.86. The lowest BCUT2D eigenvalue weighted by Gasteiger charge is -2.23. The second-order valence-electron chi connectivity index (χ2n) is 5.77. The minimum atomic E-state index is 0.545. The van der Waals surface area contributed by atoms with Crippen LogP contribution in [0.25, 0.3) is 0 Å². The molecule has 0 bridgehead atoms. The van der Waals surface area contributed by atoms with E-state index in [1.807, 2.05) is 7.05 Å². The van der Waals surface area contributed by atoms with Gasteiger partial charge in [-0.3, -0.25) is 0 Å². The topological polar surface area (TPSA) is 55.6 Å². The van der Waals surface area contributed by atoms with Crippen molar-refractivity contribution in [3.05, 3.63) is 5.82 Å². The Morgan fingerprint density at radius 1 is 1.33 bits per heavy atom. The molecule has 5 nitrogen and oxygen atoms in total. The lowest BCUT2D eigenvalue weighted by atomic mass is 9.87. The van der Waals surface area contributed by atoms with Gasteiger partial charge < -0.3 is 5.32 Å². The first kappa shape index (κ1) is 13.5. The summed E-state index contributed by atoms with van der Waals surface area (Å²) < 4.78 is 0. The molecule has 18 heavy (non-hydrogen) atoms. The quantitative estimate of drug-likeness (QED) is 0.833. The van der Waals surface area contributed by atoms with Crippen molar-refractivity contribution in [1.29, 1.82) is 0 Å². The number of nitrogens with zero attached hydrogens (tertiary/aromatic N) is 4. The highest BCUT2D eigenvalue weighted by molar-refractivity contribution is 4.87. The summed E-state index contributed by atoms with van der Waals surface area (Å²) in [6, 6.07) is 0.545. The van der Waals surface area contributed by atoms with Crippen molar-refractivity contribution in [1.82, 2.24) is 25.5 Å². The molecule has 102 valence electrons. The molecule has 1 unspecified atom stereocenters. The molecule has 1 fully saturated rings. The molecule has 0 aromatic carbocycles. The highest BCUT2D eigenvalue weighted by Crippen LogP contribution is 2.32. The van der Waals surface area contributed by atoms with Gasteiger partial charge >= 0.3 is 0 Å². The summed E-state index contributed by atoms with van der Waals surface area (Å²) in [6.07, 6.45) is 6.46. The maximum Gasteiger partial charge on any atom is 0.175 e. The fourth-order valence-electron chi connectivity index (χ4n) is 2.86. The van der Waals surface area contributed by atoms with Crippen LogP contribution in [-0.2, 0) is 13.5 Å². The molecule has 0 amide bonds. The third-order valence-corrected chi connectivity index (χ3v) is 3.85. The summed E-state index contributed by atoms with van der Waals surface area (Å²) in [5.41, 5.74) is 0. The van der Waals surface area contributed by atoms with E-state index in [0.29, 0.717) is 12.0 Å². The number of tetrazole rings is 1. The summed E-state index contributed by atoms with van der Waals surface area (Å²) in [5.74, 6) is 2.37. The van der Waals surface area contributed by atoms with Crippen LogP contribution in [0.5, 0.6) is 0 Å². The van der Waals surface area contributed by atoms with Crippen molar-refractivity contribution < 1.29 is 0 Å². The number of nitrogens with one attached hydrogen (secondary N) is 1. The first-order valence-electron chi connectivity index (χ1n) is 7.11. The molecular formula is C13H25N5. The molecular weight excluding hydrogens is 226 g/mol. The van der Waals surface area contributed by atoms with Gasteiger partial charge in [0, 0.05) is 12.5 Å². The average molecular weight is 251 g/mol. The van der Waals surface area contributed by atoms with Gasteiger partial charge in [0.15, 0.2) is 5.82 Å². The van der Waals surface area contributed by atoms with E-state index in [9.17, 15) is 0 Å². The van der Waals surface area contributed by atoms with E-state index in [1.165, 1.54) is 25.7 Å². The highest BCUT2D eigenvalue weighted by Gasteiger charge is 2.26. The standard InChI is InChI=1S/C13H25N5/c1-10(2)14-9-12(11-6-4-5-7-11)8-13-15-17-18(3)16-13/h10-12,14H,4-9H2,1-3H3. The molecule has 0 radical (unpaired) electrons. The number of hydrogen-bond acceptors (Lipinski definition) is 4. The average Bonchev–Trinajstić information content (AvgIpc) is 2.95. The van der Waals surface area contributed by atoms with Crippen molar-refractivity contribution in [2.24, 2.45) is 18.9 Å². The molecule has 1 N–H and O–H groups in total. The molecule has 1 heterocycles. The van der Waals surface area contributed by atoms with Gasteiger partial charge in [0.2, 0.25) is 0 Å². The lowest BCUT2D eigenvalue weighted by Crippen LogP contribution is -2.33. The predicted octanol–water partition coefficient (Wildman–Crippen LogP) is 1.56. The number of aryl methyl sites for hydroxylation is 1. The largest absolute Gasteiger partial charge is 0.314 e. The van der Waals surface area contributed by atoms with E-state index in [2.05, 4.69) is 34.6 Å². The summed E-state index contributed by atoms with van der Waals surface area (Å²) in [7, 11) is 1.83. The number of aromatic nitrogens is 4. The van der Waals surface area contributed by atoms with Gasteiger partial charge in [-0.2, -0.15) is 4.80 Å². The second-order valence-corrected chi connectivity index (χ2v) is 5.77. The minimum absolute atomic E-state index is 0.545. The van der Waals surface area contributed by atoms with Crippen LogP contribution in [-0.4, -0.2) is 32.8 Å². The van der Waals surface area contributed by atoms with Crippen LogP contribution in [0.4, 0.5) is 0 Å². The van der Waals surface area contributed by atoms with Crippen LogP contribution in [0.2, 0.25) is 0 Å². The van der Waals surface area contributed by atoms with E-state index in [-0.39, 0.29) is 0 Å². The van der Waals surface area contributed by atoms with Gasteiger partial charge in [-0.15, -0.1) is 10.2 Å². The monoisotopic (exact) mass is 251 g/mol. The van der Waals surface area contributed by atoms with E-state index in [1.54, 1.807) is 4.80 Å². The first-order valence-corrected chi connectivity index (χ1v) is 7.11. The van der Waals surface area contributed by atoms with E-state index < -0.39 is 0 Å². The van der Waals surface area contributed by atoms with Crippen molar-refractivity contribution >= 4 is 0 Å². The van der Waals surface area contributed by atoms with Crippen LogP contribution in [0.1, 0.15) is 45.4 Å². The minimum Gasteiger partial charge on any atom is -0.314 e. The Kier molecular flexibility index (Phi) is 4.69. The Morgan fingerprint density at radius 2 is 2.06 bits per heavy atom. The maximum atomic E-state index is 4.32. The molecule has 1 aliphatic rings. The highest BCUT2D eigenvalue weighted by atomic mass is 15.6. The summed E-state index contributed by atoms with van der Waals surface area (Å²) >= 11 is 0. The Bertz CT molecular complexity index is 354. The molecule has 1 saturated carbocycles. The third-order valence-electron chi connectivity index (χ3n) is 3.85. The summed E-state index contributed by atoms with van der Waals surface area (Å²) in [6.45, 7) is 5.47. The van der Waals surface area contributed by atoms with E-state index in [4.69, 9.17) is 0 Å². The Morgan fingerprint density at radius 3 is 2.61 bits per heavy atom. The van der Waals surface area contributed by atoms with Crippen LogP contribution in [0.15, 0.2) is 0 Å². The molecule has 1 aliphatic carbocycles. The Hall–Kier alpha value is -0.970. The zero-order chi connectivity index (χ0) is 13.0. The molecule has 0 spiro atoms. The van der Waals surface area contributed by atoms with Gasteiger partial charge in [0.25, 0.3) is 0 Å². The summed E-state index contributed by atoms with van der Waals surface area (Å²) in [5, 5.41) is 15.9. The molecule has 0 saturated heterocycles. The zero-order valence-corrected chi connectivity index (χ0v) is 11.8. The van der Waals surface area contributed by atoms with Crippen molar-refractivity contribution in [2.45, 2.75) is 52.0 Å². The van der Waals surface area contributed by atoms with Crippen LogP contribution < -0.4 is 5.32 Å². The van der Waals surface area contributed by atoms with Gasteiger partial charge in [-0.1, -0.05) is 39.5 Å². The molecule has 2 rings (SSSR count). The van der Waals surface area contributed by atoms with Crippen molar-refractivity contribution in [3.63, 3.8) is 0 Å². The third kappa shape index (κ3) is 3.77. The van der Waals surface area contributed by atoms with Crippen molar-refractivity contribution in [3.8, 4) is 0 Å². The summed E-state index contributed by atoms with van der Waals surface area (Å²) in [4.78, 5) is 1.55. The van der Waals surface area contributed by atoms with Crippen LogP contribution in [0.3, 0.4) is 0 Å². The maximum absolute atomic E-state index is 4.32. The molecule has 1 aromatic heterocycles. The number of hydrogen-bond donors (Lipinski definition) is 1. The van der Waals surface area contributed by atoms with Gasteiger partial charge in [0.1, 0.15) is 0 Å². The molecule has 1 atom stereocenters. The smallest absolute Gasteiger partial charge is 0.175 e. The van der Waals surface area contributed by atoms with Gasteiger partial charge in [-0.05, 0) is 23.6 Å². The zero-order valence-electron chi connectivity index (χ0n) is 11.8. The normalized spacial score (nSPS) is 18.7. The molecule has 5 heteroatoms. The van der Waals surface area contributed by atoms with E-state index >= 15 is 0 Å². The first-order chi connectivity index (χ1) is 8.65. The van der Waals surface area contributed by atoms with Crippen LogP contribution in [0, 0.1) is 11.8 Å². The van der Waals surface area contributed by atoms with Gasteiger partial charge in [0.05, 0.1) is 7.05 Å². The Labute approximate surface area is 109 Å². The molecule has 1 aromatic rings. The Balaban J connectivity index is 1.94. The predicted molar refractivity (Wildman–Crippen MR) is 71.1 cm³/mol. The fraction of sp³-hybridized carbons (Fsp3) is 0.923. The van der Waals surface area contributed by atoms with Crippen LogP contribution >= 0.6 is 0 Å². The SMILES string of the molecule is CC(C)NCC(Cc1nnn(C)n1)C1CCCC1. The number of rotatable bonds is 6. The molecule has 0 aliphatic heterocycles. The van der Waals surface area contributed by atoms with Gasteiger partial charge in [-0.25, -0.2) is 0 Å².